The molecule has 0 saturated carbocycles. The van der Waals surface area contributed by atoms with Crippen LogP contribution in [-0.2, 0) is 0 Å². The molecule has 0 aliphatic rings. The molecule has 0 fully saturated rings. The van der Waals surface area contributed by atoms with E-state index >= 15 is 0 Å². The molecule has 2 heteroatoms. The summed E-state index contributed by atoms with van der Waals surface area (Å²) in [5, 5.41) is -0.0870. The van der Waals surface area contributed by atoms with Crippen molar-refractivity contribution in [3.05, 3.63) is 11.6 Å². The maximum Gasteiger partial charge on any atom is 0.0742 e. The molecule has 0 N–H and O–H groups in total. The van der Waals surface area contributed by atoms with Crippen molar-refractivity contribution in [1.29, 1.82) is 0 Å². The second kappa shape index (κ2) is 7.38. The first-order valence-corrected chi connectivity index (χ1v) is 7.11. The van der Waals surface area contributed by atoms with E-state index in [4.69, 9.17) is 7.85 Å². The van der Waals surface area contributed by atoms with Gasteiger partial charge in [0, 0.05) is 0 Å². The highest BCUT2D eigenvalue weighted by atomic mass is 15.0. The first-order valence-electron chi connectivity index (χ1n) is 7.11. The van der Waals surface area contributed by atoms with E-state index in [-0.39, 0.29) is 5.31 Å². The van der Waals surface area contributed by atoms with Crippen LogP contribution in [0.3, 0.4) is 0 Å². The lowest BCUT2D eigenvalue weighted by atomic mass is 9.69. The van der Waals surface area contributed by atoms with Gasteiger partial charge in [-0.2, -0.15) is 0 Å². The van der Waals surface area contributed by atoms with E-state index in [0.29, 0.717) is 5.41 Å². The first kappa shape index (κ1) is 17.8. The van der Waals surface area contributed by atoms with Crippen LogP contribution >= 0.6 is 0 Å². The summed E-state index contributed by atoms with van der Waals surface area (Å²) in [4.78, 5) is 2.26. The summed E-state index contributed by atoms with van der Waals surface area (Å²) in [6, 6.07) is 0. The average Bonchev–Trinajstić information content (AvgIpc) is 2.11. The van der Waals surface area contributed by atoms with Gasteiger partial charge in [0.15, 0.2) is 0 Å². The van der Waals surface area contributed by atoms with Gasteiger partial charge in [-0.15, -0.1) is 0 Å². The van der Waals surface area contributed by atoms with Crippen molar-refractivity contribution >= 4 is 7.85 Å². The number of rotatable bonds is 8. The molecule has 2 radical (unpaired) electrons. The van der Waals surface area contributed by atoms with Crippen LogP contribution in [0.5, 0.6) is 0 Å². The zero-order valence-electron chi connectivity index (χ0n) is 13.6. The molecule has 0 aromatic rings. The van der Waals surface area contributed by atoms with Crippen LogP contribution in [0.4, 0.5) is 0 Å². The minimum Gasteiger partial charge on any atom is -0.309 e. The normalized spacial score (nSPS) is 14.3. The van der Waals surface area contributed by atoms with Gasteiger partial charge in [-0.1, -0.05) is 44.7 Å². The lowest BCUT2D eigenvalue weighted by molar-refractivity contribution is 0.292. The summed E-state index contributed by atoms with van der Waals surface area (Å²) in [6.45, 7) is 12.3. The highest BCUT2D eigenvalue weighted by Crippen LogP contribution is 2.32. The zero-order valence-corrected chi connectivity index (χ0v) is 13.6. The fourth-order valence-corrected chi connectivity index (χ4v) is 2.23. The average molecular weight is 249 g/mol. The van der Waals surface area contributed by atoms with Gasteiger partial charge in [0.2, 0.25) is 0 Å². The molecule has 0 atom stereocenters. The molecular weight excluding hydrogens is 217 g/mol. The van der Waals surface area contributed by atoms with E-state index in [0.717, 1.165) is 6.42 Å². The summed E-state index contributed by atoms with van der Waals surface area (Å²) in [5.74, 6) is 0. The summed E-state index contributed by atoms with van der Waals surface area (Å²) < 4.78 is 0. The van der Waals surface area contributed by atoms with E-state index in [1.165, 1.54) is 31.4 Å². The topological polar surface area (TPSA) is 3.24 Å². The van der Waals surface area contributed by atoms with Crippen LogP contribution in [0.1, 0.15) is 60.3 Å². The fourth-order valence-electron chi connectivity index (χ4n) is 2.23. The fraction of sp³-hybridized carbons (Fsp3) is 0.875. The van der Waals surface area contributed by atoms with Crippen LogP contribution < -0.4 is 0 Å². The van der Waals surface area contributed by atoms with E-state index in [1.807, 2.05) is 0 Å². The minimum absolute atomic E-state index is 0.0870. The molecule has 0 rings (SSSR count). The van der Waals surface area contributed by atoms with E-state index < -0.39 is 0 Å². The Morgan fingerprint density at radius 1 is 1.17 bits per heavy atom. The maximum absolute atomic E-state index is 6.01. The van der Waals surface area contributed by atoms with Crippen LogP contribution in [0, 0.1) is 5.41 Å². The molecule has 0 saturated heterocycles. The molecule has 0 aromatic carbocycles. The van der Waals surface area contributed by atoms with E-state index in [9.17, 15) is 0 Å². The maximum atomic E-state index is 6.01. The predicted molar refractivity (Wildman–Crippen MR) is 84.4 cm³/mol. The molecule has 0 aliphatic carbocycles. The number of allylic oxidation sites excluding steroid dienone is 2. The van der Waals surface area contributed by atoms with Crippen LogP contribution in [0.2, 0.25) is 5.31 Å². The van der Waals surface area contributed by atoms with Crippen LogP contribution in [-0.4, -0.2) is 33.4 Å². The van der Waals surface area contributed by atoms with Gasteiger partial charge in [0.1, 0.15) is 0 Å². The summed E-state index contributed by atoms with van der Waals surface area (Å²) >= 11 is 0. The third kappa shape index (κ3) is 10.9. The molecule has 18 heavy (non-hydrogen) atoms. The Hall–Kier alpha value is -0.235. The van der Waals surface area contributed by atoms with Crippen molar-refractivity contribution in [3.8, 4) is 0 Å². The van der Waals surface area contributed by atoms with Crippen molar-refractivity contribution in [2.45, 2.75) is 65.6 Å². The van der Waals surface area contributed by atoms with E-state index in [2.05, 4.69) is 59.7 Å². The third-order valence-electron chi connectivity index (χ3n) is 3.19. The SMILES string of the molecule is [B]C(C)(C)C/C=C(\C)CC(C)(C)CCCN(C)C. The largest absolute Gasteiger partial charge is 0.309 e. The Morgan fingerprint density at radius 2 is 1.72 bits per heavy atom. The summed E-state index contributed by atoms with van der Waals surface area (Å²) in [5.41, 5.74) is 1.87. The second-order valence-electron chi connectivity index (χ2n) is 7.49. The van der Waals surface area contributed by atoms with Crippen molar-refractivity contribution < 1.29 is 0 Å². The molecule has 1 nitrogen and oxygen atoms in total. The molecule has 0 aliphatic heterocycles. The summed E-state index contributed by atoms with van der Waals surface area (Å²) in [7, 11) is 10.3. The van der Waals surface area contributed by atoms with Crippen molar-refractivity contribution in [3.63, 3.8) is 0 Å². The molecular formula is C16H32BN. The quantitative estimate of drug-likeness (QED) is 0.454. The lowest BCUT2D eigenvalue weighted by Crippen LogP contribution is -2.18. The lowest BCUT2D eigenvalue weighted by Gasteiger charge is -2.26. The molecule has 0 aromatic heterocycles. The smallest absolute Gasteiger partial charge is 0.0742 e. The van der Waals surface area contributed by atoms with Gasteiger partial charge in [-0.25, -0.2) is 0 Å². The monoisotopic (exact) mass is 249 g/mol. The van der Waals surface area contributed by atoms with Crippen LogP contribution in [0.25, 0.3) is 0 Å². The summed E-state index contributed by atoms with van der Waals surface area (Å²) in [6.07, 6.45) is 7.01. The van der Waals surface area contributed by atoms with Crippen molar-refractivity contribution in [2.75, 3.05) is 20.6 Å². The van der Waals surface area contributed by atoms with Gasteiger partial charge < -0.3 is 4.90 Å². The van der Waals surface area contributed by atoms with Crippen molar-refractivity contribution in [2.24, 2.45) is 5.41 Å². The third-order valence-corrected chi connectivity index (χ3v) is 3.19. The number of hydrogen-bond donors (Lipinski definition) is 0. The molecule has 104 valence electrons. The number of hydrogen-bond acceptors (Lipinski definition) is 1. The van der Waals surface area contributed by atoms with Gasteiger partial charge in [-0.3, -0.25) is 0 Å². The first-order chi connectivity index (χ1) is 8.02. The van der Waals surface area contributed by atoms with Gasteiger partial charge in [0.05, 0.1) is 7.85 Å². The Labute approximate surface area is 116 Å². The highest BCUT2D eigenvalue weighted by molar-refractivity contribution is 6.14. The predicted octanol–water partition coefficient (Wildman–Crippen LogP) is 4.45. The van der Waals surface area contributed by atoms with Crippen molar-refractivity contribution in [1.82, 2.24) is 4.90 Å². The Kier molecular flexibility index (Phi) is 7.28. The highest BCUT2D eigenvalue weighted by Gasteiger charge is 2.18. The van der Waals surface area contributed by atoms with Gasteiger partial charge in [0.25, 0.3) is 0 Å². The Bertz CT molecular complexity index is 259. The Balaban J connectivity index is 4.14. The minimum atomic E-state index is -0.0870. The Morgan fingerprint density at radius 3 is 2.17 bits per heavy atom. The number of nitrogens with zero attached hydrogens (tertiary/aromatic N) is 1. The molecule has 0 unspecified atom stereocenters. The second-order valence-corrected chi connectivity index (χ2v) is 7.49. The van der Waals surface area contributed by atoms with E-state index in [1.54, 1.807) is 0 Å². The standard InChI is InChI=1S/C16H32BN/c1-14(9-11-16(4,5)17)13-15(2,3)10-8-12-18(6)7/h9H,8,10-13H2,1-7H3/b14-9+. The molecule has 0 heterocycles. The van der Waals surface area contributed by atoms with Crippen LogP contribution in [0.15, 0.2) is 11.6 Å². The molecule has 0 spiro atoms. The van der Waals surface area contributed by atoms with Gasteiger partial charge in [-0.05, 0) is 58.7 Å². The molecule has 0 bridgehead atoms. The zero-order chi connectivity index (χ0) is 14.4. The van der Waals surface area contributed by atoms with Gasteiger partial charge >= 0.3 is 0 Å². The molecule has 0 amide bonds.